The van der Waals surface area contributed by atoms with Crippen molar-refractivity contribution in [2.75, 3.05) is 13.3 Å². The van der Waals surface area contributed by atoms with Gasteiger partial charge in [-0.05, 0) is 49.4 Å². The zero-order chi connectivity index (χ0) is 22.2. The van der Waals surface area contributed by atoms with E-state index in [1.807, 2.05) is 63.2 Å². The van der Waals surface area contributed by atoms with Crippen molar-refractivity contribution in [3.05, 3.63) is 59.2 Å². The van der Waals surface area contributed by atoms with Gasteiger partial charge in [0.25, 0.3) is 0 Å². The van der Waals surface area contributed by atoms with Crippen molar-refractivity contribution in [1.82, 2.24) is 10.2 Å². The lowest BCUT2D eigenvalue weighted by atomic mass is 10.1. The summed E-state index contributed by atoms with van der Waals surface area (Å²) in [6, 6.07) is 13.4. The molecule has 0 saturated carbocycles. The van der Waals surface area contributed by atoms with Crippen LogP contribution in [0.15, 0.2) is 42.5 Å². The first kappa shape index (κ1) is 22.7. The molecular weight excluding hydrogens is 392 g/mol. The van der Waals surface area contributed by atoms with Crippen molar-refractivity contribution in [3.63, 3.8) is 0 Å². The van der Waals surface area contributed by atoms with Crippen molar-refractivity contribution in [2.24, 2.45) is 0 Å². The molecule has 6 nitrogen and oxygen atoms in total. The van der Waals surface area contributed by atoms with E-state index in [0.717, 1.165) is 28.9 Å². The van der Waals surface area contributed by atoms with E-state index in [2.05, 4.69) is 5.32 Å². The normalized spacial score (nSPS) is 13.0. The van der Waals surface area contributed by atoms with Crippen LogP contribution >= 0.6 is 0 Å². The third-order valence-corrected chi connectivity index (χ3v) is 5.47. The van der Waals surface area contributed by atoms with Gasteiger partial charge in [0.2, 0.25) is 18.6 Å². The van der Waals surface area contributed by atoms with Gasteiger partial charge in [0, 0.05) is 19.5 Å². The fourth-order valence-corrected chi connectivity index (χ4v) is 3.67. The summed E-state index contributed by atoms with van der Waals surface area (Å²) in [6.07, 6.45) is 2.32. The predicted molar refractivity (Wildman–Crippen MR) is 120 cm³/mol. The van der Waals surface area contributed by atoms with Crippen molar-refractivity contribution >= 4 is 11.8 Å². The Balaban J connectivity index is 1.73. The molecule has 0 bridgehead atoms. The van der Waals surface area contributed by atoms with Crippen LogP contribution in [0.4, 0.5) is 0 Å². The molecule has 3 rings (SSSR count). The van der Waals surface area contributed by atoms with Gasteiger partial charge < -0.3 is 19.7 Å². The molecule has 0 fully saturated rings. The summed E-state index contributed by atoms with van der Waals surface area (Å²) in [5.74, 6) is 1.33. The maximum Gasteiger partial charge on any atom is 0.242 e. The minimum Gasteiger partial charge on any atom is -0.454 e. The molecule has 31 heavy (non-hydrogen) atoms. The van der Waals surface area contributed by atoms with Gasteiger partial charge >= 0.3 is 0 Å². The van der Waals surface area contributed by atoms with Gasteiger partial charge in [-0.2, -0.15) is 0 Å². The smallest absolute Gasteiger partial charge is 0.242 e. The molecule has 0 saturated heterocycles. The van der Waals surface area contributed by atoms with Crippen LogP contribution in [0, 0.1) is 6.92 Å². The Morgan fingerprint density at radius 2 is 1.74 bits per heavy atom. The minimum absolute atomic E-state index is 0.0308. The summed E-state index contributed by atoms with van der Waals surface area (Å²) in [5, 5.41) is 2.95. The Kier molecular flexibility index (Phi) is 7.93. The molecule has 0 aromatic heterocycles. The predicted octanol–water partition coefficient (Wildman–Crippen LogP) is 3.99. The van der Waals surface area contributed by atoms with Crippen molar-refractivity contribution in [2.45, 2.75) is 59.0 Å². The number of fused-ring (bicyclic) bond motifs is 1. The van der Waals surface area contributed by atoms with E-state index in [0.29, 0.717) is 38.1 Å². The van der Waals surface area contributed by atoms with E-state index in [1.165, 1.54) is 0 Å². The molecule has 6 heteroatoms. The van der Waals surface area contributed by atoms with Crippen LogP contribution < -0.4 is 14.8 Å². The monoisotopic (exact) mass is 424 g/mol. The molecule has 2 aromatic rings. The highest BCUT2D eigenvalue weighted by atomic mass is 16.7. The van der Waals surface area contributed by atoms with Gasteiger partial charge in [0.15, 0.2) is 11.5 Å². The van der Waals surface area contributed by atoms with Gasteiger partial charge in [-0.1, -0.05) is 49.7 Å². The number of rotatable bonds is 10. The number of hydrogen-bond acceptors (Lipinski definition) is 4. The van der Waals surface area contributed by atoms with Crippen LogP contribution in [0.1, 0.15) is 49.8 Å². The van der Waals surface area contributed by atoms with Crippen LogP contribution in [0.25, 0.3) is 0 Å². The van der Waals surface area contributed by atoms with Crippen LogP contribution in [-0.4, -0.2) is 36.1 Å². The molecule has 1 aliphatic heterocycles. The molecular formula is C25H32N2O4. The molecule has 166 valence electrons. The number of hydrogen-bond donors (Lipinski definition) is 1. The van der Waals surface area contributed by atoms with E-state index in [4.69, 9.17) is 9.47 Å². The zero-order valence-corrected chi connectivity index (χ0v) is 18.6. The number of carbonyl (C=O) groups excluding carboxylic acids is 2. The van der Waals surface area contributed by atoms with E-state index < -0.39 is 6.04 Å². The Hall–Kier alpha value is -3.02. The van der Waals surface area contributed by atoms with Gasteiger partial charge in [0.05, 0.1) is 0 Å². The Bertz CT molecular complexity index is 895. The Morgan fingerprint density at radius 1 is 1.03 bits per heavy atom. The van der Waals surface area contributed by atoms with Crippen LogP contribution in [0.3, 0.4) is 0 Å². The average molecular weight is 425 g/mol. The standard InChI is InChI=1S/C25H32N2O4/c1-4-14-26-25(29)21(5-2)27(16-20-8-6-18(3)7-9-20)24(28)13-11-19-10-12-22-23(15-19)31-17-30-22/h6-10,12,15,21H,4-5,11,13-14,16-17H2,1-3H3,(H,26,29)/t21-/m0/s1. The van der Waals surface area contributed by atoms with Crippen molar-refractivity contribution in [3.8, 4) is 11.5 Å². The lowest BCUT2D eigenvalue weighted by Crippen LogP contribution is -2.49. The largest absolute Gasteiger partial charge is 0.454 e. The Labute approximate surface area is 184 Å². The number of benzene rings is 2. The van der Waals surface area contributed by atoms with Crippen molar-refractivity contribution < 1.29 is 19.1 Å². The summed E-state index contributed by atoms with van der Waals surface area (Å²) in [5.41, 5.74) is 3.19. The van der Waals surface area contributed by atoms with Gasteiger partial charge in [-0.25, -0.2) is 0 Å². The first-order valence-electron chi connectivity index (χ1n) is 11.0. The minimum atomic E-state index is -0.489. The SMILES string of the molecule is CCCNC(=O)[C@H](CC)N(Cc1ccc(C)cc1)C(=O)CCc1ccc2c(c1)OCO2. The third-order valence-electron chi connectivity index (χ3n) is 5.47. The summed E-state index contributed by atoms with van der Waals surface area (Å²) >= 11 is 0. The summed E-state index contributed by atoms with van der Waals surface area (Å²) in [4.78, 5) is 27.8. The van der Waals surface area contributed by atoms with E-state index in [9.17, 15) is 9.59 Å². The molecule has 1 heterocycles. The van der Waals surface area contributed by atoms with Gasteiger partial charge in [-0.3, -0.25) is 9.59 Å². The third kappa shape index (κ3) is 6.00. The molecule has 0 spiro atoms. The summed E-state index contributed by atoms with van der Waals surface area (Å²) in [6.45, 7) is 7.25. The number of carbonyl (C=O) groups is 2. The summed E-state index contributed by atoms with van der Waals surface area (Å²) in [7, 11) is 0. The highest BCUT2D eigenvalue weighted by molar-refractivity contribution is 5.87. The van der Waals surface area contributed by atoms with E-state index in [-0.39, 0.29) is 18.6 Å². The quantitative estimate of drug-likeness (QED) is 0.626. The van der Waals surface area contributed by atoms with Gasteiger partial charge in [0.1, 0.15) is 6.04 Å². The molecule has 1 atom stereocenters. The molecule has 2 aromatic carbocycles. The lowest BCUT2D eigenvalue weighted by molar-refractivity contribution is -0.141. The molecule has 1 N–H and O–H groups in total. The number of nitrogens with zero attached hydrogens (tertiary/aromatic N) is 1. The topological polar surface area (TPSA) is 67.9 Å². The second-order valence-corrected chi connectivity index (χ2v) is 7.91. The van der Waals surface area contributed by atoms with Crippen LogP contribution in [0.5, 0.6) is 11.5 Å². The van der Waals surface area contributed by atoms with E-state index >= 15 is 0 Å². The van der Waals surface area contributed by atoms with Crippen molar-refractivity contribution in [1.29, 1.82) is 0 Å². The van der Waals surface area contributed by atoms with Gasteiger partial charge in [-0.15, -0.1) is 0 Å². The maximum atomic E-state index is 13.3. The first-order valence-corrected chi connectivity index (χ1v) is 11.0. The highest BCUT2D eigenvalue weighted by Crippen LogP contribution is 2.32. The molecule has 0 aliphatic carbocycles. The zero-order valence-electron chi connectivity index (χ0n) is 18.6. The molecule has 0 unspecified atom stereocenters. The maximum absolute atomic E-state index is 13.3. The Morgan fingerprint density at radius 3 is 2.45 bits per heavy atom. The number of ether oxygens (including phenoxy) is 2. The molecule has 1 aliphatic rings. The molecule has 2 amide bonds. The van der Waals surface area contributed by atoms with E-state index in [1.54, 1.807) is 4.90 Å². The fourth-order valence-electron chi connectivity index (χ4n) is 3.67. The number of aryl methyl sites for hydroxylation is 2. The highest BCUT2D eigenvalue weighted by Gasteiger charge is 2.28. The van der Waals surface area contributed by atoms with Crippen LogP contribution in [0.2, 0.25) is 0 Å². The fraction of sp³-hybridized carbons (Fsp3) is 0.440. The number of nitrogens with one attached hydrogen (secondary N) is 1. The second-order valence-electron chi connectivity index (χ2n) is 7.91. The first-order chi connectivity index (χ1) is 15.0. The summed E-state index contributed by atoms with van der Waals surface area (Å²) < 4.78 is 10.8. The number of amides is 2. The lowest BCUT2D eigenvalue weighted by Gasteiger charge is -2.31. The van der Waals surface area contributed by atoms with Crippen LogP contribution in [-0.2, 0) is 22.6 Å². The average Bonchev–Trinajstić information content (AvgIpc) is 3.25. The second kappa shape index (κ2) is 10.8. The molecule has 0 radical (unpaired) electrons.